The van der Waals surface area contributed by atoms with Gasteiger partial charge in [0.15, 0.2) is 11.0 Å². The molecule has 0 aliphatic heterocycles. The van der Waals surface area contributed by atoms with Crippen LogP contribution in [-0.4, -0.2) is 15.1 Å². The fourth-order valence-corrected chi connectivity index (χ4v) is 2.49. The Hall–Kier alpha value is -2.73. The fourth-order valence-electron chi connectivity index (χ4n) is 2.30. The van der Waals surface area contributed by atoms with Gasteiger partial charge in [-0.3, -0.25) is 0 Å². The molecule has 3 N–H and O–H groups in total. The molecule has 0 radical (unpaired) electrons. The molecule has 122 valence electrons. The van der Waals surface area contributed by atoms with Gasteiger partial charge in [0, 0.05) is 13.1 Å². The largest absolute Gasteiger partial charge is 0.492 e. The first-order valence-electron chi connectivity index (χ1n) is 7.58. The first kappa shape index (κ1) is 16.1. The monoisotopic (exact) mass is 338 g/mol. The maximum Gasteiger partial charge on any atom is 0.241 e. The maximum atomic E-state index is 10.1. The summed E-state index contributed by atoms with van der Waals surface area (Å²) in [6, 6.07) is 19.9. The number of anilines is 2. The third kappa shape index (κ3) is 4.17. The number of thiol groups is 1. The van der Waals surface area contributed by atoms with Crippen LogP contribution in [0, 0.1) is 0 Å². The lowest BCUT2D eigenvalue weighted by atomic mass is 10.2. The Morgan fingerprint density at radius 2 is 1.33 bits per heavy atom. The molecule has 1 heterocycles. The van der Waals surface area contributed by atoms with E-state index in [1.165, 1.54) is 0 Å². The normalized spacial score (nSPS) is 10.4. The Morgan fingerprint density at radius 1 is 0.792 bits per heavy atom. The molecule has 0 atom stereocenters. The summed E-state index contributed by atoms with van der Waals surface area (Å²) in [6.45, 7) is 1.15. The molecule has 0 saturated carbocycles. The summed E-state index contributed by atoms with van der Waals surface area (Å²) in [4.78, 5) is 8.19. The number of hydrogen-bond donors (Lipinski definition) is 4. The summed E-state index contributed by atoms with van der Waals surface area (Å²) in [5.74, 6) is 0.397. The van der Waals surface area contributed by atoms with Gasteiger partial charge in [0.2, 0.25) is 5.88 Å². The van der Waals surface area contributed by atoms with Crippen molar-refractivity contribution >= 4 is 24.1 Å². The van der Waals surface area contributed by atoms with Gasteiger partial charge in [-0.15, -0.1) is 12.6 Å². The fraction of sp³-hybridized carbons (Fsp3) is 0.111. The van der Waals surface area contributed by atoms with Crippen LogP contribution in [0.25, 0.3) is 0 Å². The first-order chi connectivity index (χ1) is 11.7. The molecule has 3 aromatic rings. The zero-order valence-electron chi connectivity index (χ0n) is 13.0. The zero-order chi connectivity index (χ0) is 16.8. The van der Waals surface area contributed by atoms with Crippen molar-refractivity contribution in [2.75, 3.05) is 10.6 Å². The van der Waals surface area contributed by atoms with Crippen molar-refractivity contribution in [1.29, 1.82) is 0 Å². The van der Waals surface area contributed by atoms with Crippen LogP contribution in [0.4, 0.5) is 11.5 Å². The van der Waals surface area contributed by atoms with E-state index in [-0.39, 0.29) is 11.0 Å². The van der Waals surface area contributed by atoms with Crippen molar-refractivity contribution in [1.82, 2.24) is 9.97 Å². The smallest absolute Gasteiger partial charge is 0.241 e. The third-order valence-electron chi connectivity index (χ3n) is 3.49. The number of nitrogens with one attached hydrogen (secondary N) is 2. The third-order valence-corrected chi connectivity index (χ3v) is 3.69. The minimum absolute atomic E-state index is 0.124. The van der Waals surface area contributed by atoms with E-state index in [9.17, 15) is 5.11 Å². The van der Waals surface area contributed by atoms with Gasteiger partial charge in [0.05, 0.1) is 0 Å². The Kier molecular flexibility index (Phi) is 5.18. The minimum atomic E-state index is -0.124. The highest BCUT2D eigenvalue weighted by Gasteiger charge is 2.12. The molecular formula is C18H18N4OS. The van der Waals surface area contributed by atoms with Gasteiger partial charge in [-0.25, -0.2) is 4.98 Å². The average Bonchev–Trinajstić information content (AvgIpc) is 2.61. The van der Waals surface area contributed by atoms with E-state index in [2.05, 4.69) is 33.2 Å². The lowest BCUT2D eigenvalue weighted by Crippen LogP contribution is -2.08. The second-order valence-corrected chi connectivity index (χ2v) is 5.65. The molecule has 5 nitrogen and oxygen atoms in total. The number of benzene rings is 2. The van der Waals surface area contributed by atoms with Crippen LogP contribution in [0.1, 0.15) is 11.1 Å². The quantitative estimate of drug-likeness (QED) is 0.408. The van der Waals surface area contributed by atoms with E-state index in [0.29, 0.717) is 24.6 Å². The lowest BCUT2D eigenvalue weighted by molar-refractivity contribution is 0.448. The average molecular weight is 338 g/mol. The van der Waals surface area contributed by atoms with Crippen molar-refractivity contribution in [2.24, 2.45) is 0 Å². The van der Waals surface area contributed by atoms with Crippen LogP contribution in [0.5, 0.6) is 5.88 Å². The van der Waals surface area contributed by atoms with Crippen molar-refractivity contribution in [3.05, 3.63) is 71.8 Å². The molecule has 0 fully saturated rings. The van der Waals surface area contributed by atoms with Crippen molar-refractivity contribution in [3.63, 3.8) is 0 Å². The van der Waals surface area contributed by atoms with Crippen LogP contribution in [0.3, 0.4) is 0 Å². The molecule has 1 aromatic heterocycles. The number of rotatable bonds is 6. The van der Waals surface area contributed by atoms with Crippen molar-refractivity contribution < 1.29 is 5.11 Å². The molecule has 0 spiro atoms. The zero-order valence-corrected chi connectivity index (χ0v) is 13.9. The molecule has 3 rings (SSSR count). The SMILES string of the molecule is Oc1nc(S)nc(NCc2ccccc2)c1NCc1ccccc1. The van der Waals surface area contributed by atoms with E-state index in [1.807, 2.05) is 60.7 Å². The molecular weight excluding hydrogens is 320 g/mol. The van der Waals surface area contributed by atoms with Crippen molar-refractivity contribution in [3.8, 4) is 5.88 Å². The van der Waals surface area contributed by atoms with E-state index in [1.54, 1.807) is 0 Å². The highest BCUT2D eigenvalue weighted by molar-refractivity contribution is 7.80. The van der Waals surface area contributed by atoms with Crippen LogP contribution in [-0.2, 0) is 13.1 Å². The van der Waals surface area contributed by atoms with Crippen LogP contribution >= 0.6 is 12.6 Å². The Balaban J connectivity index is 1.77. The van der Waals surface area contributed by atoms with Gasteiger partial charge in [-0.2, -0.15) is 4.98 Å². The number of aromatic nitrogens is 2. The molecule has 24 heavy (non-hydrogen) atoms. The molecule has 2 aromatic carbocycles. The minimum Gasteiger partial charge on any atom is -0.492 e. The Labute approximate surface area is 146 Å². The van der Waals surface area contributed by atoms with Crippen molar-refractivity contribution in [2.45, 2.75) is 18.2 Å². The van der Waals surface area contributed by atoms with E-state index >= 15 is 0 Å². The van der Waals surface area contributed by atoms with Crippen LogP contribution < -0.4 is 10.6 Å². The first-order valence-corrected chi connectivity index (χ1v) is 8.02. The summed E-state index contributed by atoms with van der Waals surface area (Å²) >= 11 is 4.14. The predicted molar refractivity (Wildman–Crippen MR) is 98.5 cm³/mol. The summed E-state index contributed by atoms with van der Waals surface area (Å²) in [7, 11) is 0. The lowest BCUT2D eigenvalue weighted by Gasteiger charge is -2.14. The number of aromatic hydroxyl groups is 1. The molecule has 6 heteroatoms. The Morgan fingerprint density at radius 3 is 1.92 bits per heavy atom. The van der Waals surface area contributed by atoms with Crippen LogP contribution in [0.15, 0.2) is 65.8 Å². The predicted octanol–water partition coefficient (Wildman–Crippen LogP) is 3.70. The number of hydrogen-bond acceptors (Lipinski definition) is 6. The summed E-state index contributed by atoms with van der Waals surface area (Å²) in [6.07, 6.45) is 0. The summed E-state index contributed by atoms with van der Waals surface area (Å²) < 4.78 is 0. The second kappa shape index (κ2) is 7.70. The topological polar surface area (TPSA) is 70.1 Å². The molecule has 0 unspecified atom stereocenters. The molecule has 0 aliphatic carbocycles. The van der Waals surface area contributed by atoms with Gasteiger partial charge in [0.25, 0.3) is 0 Å². The van der Waals surface area contributed by atoms with E-state index in [0.717, 1.165) is 11.1 Å². The summed E-state index contributed by atoms with van der Waals surface area (Å²) in [5, 5.41) is 16.8. The highest BCUT2D eigenvalue weighted by atomic mass is 32.1. The van der Waals surface area contributed by atoms with E-state index in [4.69, 9.17) is 0 Å². The number of nitrogens with zero attached hydrogens (tertiary/aromatic N) is 2. The molecule has 0 aliphatic rings. The second-order valence-electron chi connectivity index (χ2n) is 5.25. The standard InChI is InChI=1S/C18H18N4OS/c23-17-15(19-11-13-7-3-1-4-8-13)16(21-18(24)22-17)20-12-14-9-5-2-6-10-14/h1-10,19H,11-12H2,(H3,20,21,22,23,24). The van der Waals surface area contributed by atoms with Gasteiger partial charge >= 0.3 is 0 Å². The van der Waals surface area contributed by atoms with Gasteiger partial charge < -0.3 is 15.7 Å². The Bertz CT molecular complexity index is 797. The van der Waals surface area contributed by atoms with Gasteiger partial charge in [-0.1, -0.05) is 60.7 Å². The molecule has 0 saturated heterocycles. The highest BCUT2D eigenvalue weighted by Crippen LogP contribution is 2.30. The summed E-state index contributed by atoms with van der Waals surface area (Å²) in [5.41, 5.74) is 2.68. The van der Waals surface area contributed by atoms with Crippen LogP contribution in [0.2, 0.25) is 0 Å². The maximum absolute atomic E-state index is 10.1. The molecule has 0 amide bonds. The van der Waals surface area contributed by atoms with Gasteiger partial charge in [-0.05, 0) is 11.1 Å². The van der Waals surface area contributed by atoms with Gasteiger partial charge in [0.1, 0.15) is 5.69 Å². The molecule has 0 bridgehead atoms. The van der Waals surface area contributed by atoms with E-state index < -0.39 is 0 Å².